The van der Waals surface area contributed by atoms with Crippen molar-refractivity contribution in [2.24, 2.45) is 5.92 Å². The lowest BCUT2D eigenvalue weighted by Gasteiger charge is -2.24. The highest BCUT2D eigenvalue weighted by atomic mass is 32.1. The van der Waals surface area contributed by atoms with Crippen LogP contribution in [0.1, 0.15) is 48.6 Å². The lowest BCUT2D eigenvalue weighted by Crippen LogP contribution is -2.29. The number of aryl methyl sites for hydroxylation is 2. The first-order valence-electron chi connectivity index (χ1n) is 13.3. The van der Waals surface area contributed by atoms with Crippen molar-refractivity contribution in [3.05, 3.63) is 88.2 Å². The number of benzene rings is 3. The van der Waals surface area contributed by atoms with Gasteiger partial charge < -0.3 is 14.6 Å². The minimum atomic E-state index is -1.01. The van der Waals surface area contributed by atoms with Gasteiger partial charge in [-0.1, -0.05) is 48.9 Å². The van der Waals surface area contributed by atoms with E-state index in [0.717, 1.165) is 28.9 Å². The molecule has 5 rings (SSSR count). The molecule has 9 heteroatoms. The van der Waals surface area contributed by atoms with E-state index in [9.17, 15) is 19.1 Å². The van der Waals surface area contributed by atoms with Crippen LogP contribution < -0.4 is 14.4 Å². The molecule has 1 N–H and O–H groups in total. The first-order valence-corrected chi connectivity index (χ1v) is 14.2. The second kappa shape index (κ2) is 11.3. The van der Waals surface area contributed by atoms with E-state index in [0.29, 0.717) is 45.4 Å². The average molecular weight is 575 g/mol. The molecule has 1 amide bonds. The predicted molar refractivity (Wildman–Crippen MR) is 158 cm³/mol. The molecule has 1 saturated heterocycles. The van der Waals surface area contributed by atoms with Crippen molar-refractivity contribution in [1.82, 2.24) is 4.98 Å². The van der Waals surface area contributed by atoms with Gasteiger partial charge in [-0.25, -0.2) is 9.37 Å². The molecule has 1 unspecified atom stereocenters. The van der Waals surface area contributed by atoms with Gasteiger partial charge >= 0.3 is 5.91 Å². The number of aliphatic hydroxyl groups is 1. The number of ether oxygens (including phenoxy) is 2. The molecule has 1 aromatic heterocycles. The largest absolute Gasteiger partial charge is 0.507 e. The van der Waals surface area contributed by atoms with E-state index >= 15 is 0 Å². The van der Waals surface area contributed by atoms with E-state index in [4.69, 9.17) is 9.47 Å². The van der Waals surface area contributed by atoms with Crippen LogP contribution in [0, 0.1) is 25.6 Å². The number of rotatable bonds is 8. The van der Waals surface area contributed by atoms with Crippen molar-refractivity contribution in [3.8, 4) is 11.5 Å². The molecule has 4 aromatic rings. The predicted octanol–water partition coefficient (Wildman–Crippen LogP) is 7.11. The maximum atomic E-state index is 14.0. The Morgan fingerprint density at radius 2 is 1.85 bits per heavy atom. The minimum absolute atomic E-state index is 0.0651. The third-order valence-electron chi connectivity index (χ3n) is 7.09. The van der Waals surface area contributed by atoms with Gasteiger partial charge in [-0.15, -0.1) is 0 Å². The number of Topliss-reactive ketones (excluding diaryl/α,β-unsaturated/α-hetero) is 1. The maximum Gasteiger partial charge on any atom is 0.301 e. The molecule has 212 valence electrons. The summed E-state index contributed by atoms with van der Waals surface area (Å²) in [5, 5.41) is 11.8. The Balaban J connectivity index is 1.69. The topological polar surface area (TPSA) is 89.0 Å². The first-order chi connectivity index (χ1) is 19.6. The summed E-state index contributed by atoms with van der Waals surface area (Å²) in [5.74, 6) is -0.965. The van der Waals surface area contributed by atoms with Crippen LogP contribution >= 0.6 is 11.3 Å². The molecule has 41 heavy (non-hydrogen) atoms. The van der Waals surface area contributed by atoms with Crippen molar-refractivity contribution >= 4 is 44.1 Å². The van der Waals surface area contributed by atoms with Crippen molar-refractivity contribution < 1.29 is 28.6 Å². The van der Waals surface area contributed by atoms with Crippen molar-refractivity contribution in [2.45, 2.75) is 40.2 Å². The van der Waals surface area contributed by atoms with E-state index in [2.05, 4.69) is 18.8 Å². The molecule has 3 aromatic carbocycles. The molecule has 1 aliphatic rings. The van der Waals surface area contributed by atoms with Crippen molar-refractivity contribution in [1.29, 1.82) is 0 Å². The maximum absolute atomic E-state index is 14.0. The number of ketones is 1. The minimum Gasteiger partial charge on any atom is -0.507 e. The number of anilines is 1. The van der Waals surface area contributed by atoms with Crippen LogP contribution in [-0.2, 0) is 9.59 Å². The number of halogens is 1. The third-order valence-corrected chi connectivity index (χ3v) is 8.11. The van der Waals surface area contributed by atoms with Gasteiger partial charge in [0.25, 0.3) is 5.78 Å². The van der Waals surface area contributed by atoms with Crippen LogP contribution in [-0.4, -0.2) is 35.5 Å². The number of hydrogen-bond acceptors (Lipinski definition) is 7. The fourth-order valence-corrected chi connectivity index (χ4v) is 5.87. The molecular weight excluding hydrogens is 543 g/mol. The Hall–Kier alpha value is -4.24. The number of carbonyl (C=O) groups is 2. The molecule has 2 heterocycles. The van der Waals surface area contributed by atoms with E-state index in [1.54, 1.807) is 24.3 Å². The molecule has 0 aliphatic carbocycles. The Kier molecular flexibility index (Phi) is 7.82. The molecule has 1 atom stereocenters. The third kappa shape index (κ3) is 5.41. The van der Waals surface area contributed by atoms with Gasteiger partial charge in [-0.2, -0.15) is 0 Å². The van der Waals surface area contributed by atoms with Crippen LogP contribution in [0.3, 0.4) is 0 Å². The Labute approximate surface area is 241 Å². The number of methoxy groups -OCH3 is 1. The fourth-order valence-electron chi connectivity index (χ4n) is 4.85. The van der Waals surface area contributed by atoms with Crippen molar-refractivity contribution in [2.75, 3.05) is 18.6 Å². The Bertz CT molecular complexity index is 1690. The zero-order valence-electron chi connectivity index (χ0n) is 23.5. The molecule has 1 fully saturated rings. The number of aliphatic hydroxyl groups excluding tert-OH is 1. The van der Waals surface area contributed by atoms with E-state index in [-0.39, 0.29) is 16.5 Å². The standard InChI is InChI=1S/C32H31FN2O5S/c1-17(2)12-13-40-24-11-8-20(15-25(24)39-5)28-27(29(36)22-14-18(3)6-7-19(22)4)30(37)31(38)35(28)32-34-23-10-9-21(33)16-26(23)41-32/h6-11,14-17,28,36H,12-13H2,1-5H3/b29-27+. The fraction of sp³-hybridized carbons (Fsp3) is 0.281. The summed E-state index contributed by atoms with van der Waals surface area (Å²) in [6.45, 7) is 8.43. The summed E-state index contributed by atoms with van der Waals surface area (Å²) < 4.78 is 26.1. The zero-order valence-corrected chi connectivity index (χ0v) is 24.3. The first kappa shape index (κ1) is 28.3. The quantitative estimate of drug-likeness (QED) is 0.137. The number of fused-ring (bicyclic) bond motifs is 1. The van der Waals surface area contributed by atoms with Gasteiger partial charge in [0.15, 0.2) is 16.6 Å². The second-order valence-corrected chi connectivity index (χ2v) is 11.5. The number of thiazole rings is 1. The monoisotopic (exact) mass is 574 g/mol. The molecule has 7 nitrogen and oxygen atoms in total. The van der Waals surface area contributed by atoms with Crippen LogP contribution in [0.2, 0.25) is 0 Å². The van der Waals surface area contributed by atoms with Crippen LogP contribution in [0.4, 0.5) is 9.52 Å². The second-order valence-electron chi connectivity index (χ2n) is 10.5. The summed E-state index contributed by atoms with van der Waals surface area (Å²) in [4.78, 5) is 33.1. The summed E-state index contributed by atoms with van der Waals surface area (Å²) >= 11 is 1.10. The van der Waals surface area contributed by atoms with Gasteiger partial charge in [0.1, 0.15) is 11.6 Å². The lowest BCUT2D eigenvalue weighted by atomic mass is 9.93. The van der Waals surface area contributed by atoms with Gasteiger partial charge in [-0.05, 0) is 73.7 Å². The van der Waals surface area contributed by atoms with Crippen LogP contribution in [0.25, 0.3) is 16.0 Å². The van der Waals surface area contributed by atoms with Crippen LogP contribution in [0.15, 0.2) is 60.2 Å². The number of hydrogen-bond donors (Lipinski definition) is 1. The highest BCUT2D eigenvalue weighted by Gasteiger charge is 2.48. The molecule has 0 spiro atoms. The summed E-state index contributed by atoms with van der Waals surface area (Å²) in [5.41, 5.74) is 3.05. The van der Waals surface area contributed by atoms with Crippen molar-refractivity contribution in [3.63, 3.8) is 0 Å². The number of aromatic nitrogens is 1. The summed E-state index contributed by atoms with van der Waals surface area (Å²) in [6, 6.07) is 13.9. The molecule has 0 radical (unpaired) electrons. The lowest BCUT2D eigenvalue weighted by molar-refractivity contribution is -0.132. The van der Waals surface area contributed by atoms with Gasteiger partial charge in [0.2, 0.25) is 0 Å². The smallest absolute Gasteiger partial charge is 0.301 e. The van der Waals surface area contributed by atoms with E-state index < -0.39 is 23.5 Å². The van der Waals surface area contributed by atoms with Gasteiger partial charge in [0.05, 0.1) is 35.5 Å². The zero-order chi connectivity index (χ0) is 29.4. The number of nitrogens with zero attached hydrogens (tertiary/aromatic N) is 2. The SMILES string of the molecule is COc1cc(C2/C(=C(\O)c3cc(C)ccc3C)C(=O)C(=O)N2c2nc3ccc(F)cc3s2)ccc1OCCC(C)C. The Morgan fingerprint density at radius 1 is 1.07 bits per heavy atom. The average Bonchev–Trinajstić information content (AvgIpc) is 3.47. The van der Waals surface area contributed by atoms with E-state index in [1.165, 1.54) is 30.2 Å². The number of carbonyl (C=O) groups excluding carboxylic acids is 2. The summed E-state index contributed by atoms with van der Waals surface area (Å²) in [6.07, 6.45) is 0.860. The highest BCUT2D eigenvalue weighted by Crippen LogP contribution is 2.46. The van der Waals surface area contributed by atoms with Gasteiger partial charge in [0, 0.05) is 5.56 Å². The molecule has 1 aliphatic heterocycles. The Morgan fingerprint density at radius 3 is 2.59 bits per heavy atom. The molecule has 0 bridgehead atoms. The normalized spacial score (nSPS) is 16.7. The molecular formula is C32H31FN2O5S. The van der Waals surface area contributed by atoms with E-state index in [1.807, 2.05) is 26.0 Å². The summed E-state index contributed by atoms with van der Waals surface area (Å²) in [7, 11) is 1.52. The van der Waals surface area contributed by atoms with Crippen LogP contribution in [0.5, 0.6) is 11.5 Å². The molecule has 0 saturated carbocycles. The number of amides is 1. The van der Waals surface area contributed by atoms with Gasteiger partial charge in [-0.3, -0.25) is 14.5 Å². The highest BCUT2D eigenvalue weighted by molar-refractivity contribution is 7.22.